The van der Waals surface area contributed by atoms with E-state index in [0.717, 1.165) is 61.5 Å². The van der Waals surface area contributed by atoms with Crippen LogP contribution in [0.3, 0.4) is 0 Å². The van der Waals surface area contributed by atoms with Crippen molar-refractivity contribution in [1.82, 2.24) is 14.4 Å². The molecule has 1 aromatic carbocycles. The number of hydrogen-bond acceptors (Lipinski definition) is 3. The van der Waals surface area contributed by atoms with Gasteiger partial charge in [0.1, 0.15) is 5.75 Å². The van der Waals surface area contributed by atoms with Crippen LogP contribution in [0.15, 0.2) is 24.4 Å². The van der Waals surface area contributed by atoms with Gasteiger partial charge in [0.2, 0.25) is 0 Å². The second-order valence-corrected chi connectivity index (χ2v) is 8.28. The molecule has 1 saturated carbocycles. The molecule has 0 radical (unpaired) electrons. The highest BCUT2D eigenvalue weighted by Crippen LogP contribution is 2.33. The number of methoxy groups -OCH3 is 1. The fourth-order valence-electron chi connectivity index (χ4n) is 4.89. The molecule has 1 aliphatic carbocycles. The summed E-state index contributed by atoms with van der Waals surface area (Å²) in [6.45, 7) is 7.77. The van der Waals surface area contributed by atoms with Crippen molar-refractivity contribution >= 4 is 16.8 Å². The van der Waals surface area contributed by atoms with E-state index in [1.54, 1.807) is 7.11 Å². The molecule has 1 saturated heterocycles. The van der Waals surface area contributed by atoms with Crippen molar-refractivity contribution in [3.8, 4) is 5.75 Å². The van der Waals surface area contributed by atoms with Gasteiger partial charge in [-0.3, -0.25) is 4.79 Å². The topological polar surface area (TPSA) is 37.7 Å². The van der Waals surface area contributed by atoms with Crippen molar-refractivity contribution in [2.24, 2.45) is 5.92 Å². The Morgan fingerprint density at radius 2 is 1.86 bits per heavy atom. The molecule has 1 aromatic heterocycles. The molecular weight excluding hydrogens is 350 g/mol. The number of piperazine rings is 1. The van der Waals surface area contributed by atoms with Gasteiger partial charge in [-0.2, -0.15) is 0 Å². The molecule has 28 heavy (non-hydrogen) atoms. The Morgan fingerprint density at radius 1 is 1.11 bits per heavy atom. The van der Waals surface area contributed by atoms with Gasteiger partial charge in [0, 0.05) is 44.3 Å². The third kappa shape index (κ3) is 3.77. The predicted octanol–water partition coefficient (Wildman–Crippen LogP) is 4.01. The molecule has 1 aliphatic heterocycles. The van der Waals surface area contributed by atoms with Gasteiger partial charge in [-0.15, -0.1) is 0 Å². The molecule has 152 valence electrons. The normalized spacial score (nSPS) is 19.3. The first kappa shape index (κ1) is 19.3. The smallest absolute Gasteiger partial charge is 0.256 e. The summed E-state index contributed by atoms with van der Waals surface area (Å²) in [5.74, 6) is 1.73. The molecule has 0 N–H and O–H groups in total. The minimum absolute atomic E-state index is 0.163. The Hall–Kier alpha value is -2.01. The number of aromatic nitrogens is 1. The Kier molecular flexibility index (Phi) is 5.90. The molecular formula is C23H33N3O2. The summed E-state index contributed by atoms with van der Waals surface area (Å²) < 4.78 is 7.96. The maximum absolute atomic E-state index is 13.4. The number of amides is 1. The van der Waals surface area contributed by atoms with Gasteiger partial charge in [-0.1, -0.05) is 38.3 Å². The van der Waals surface area contributed by atoms with Crippen molar-refractivity contribution in [2.45, 2.75) is 45.6 Å². The van der Waals surface area contributed by atoms with Gasteiger partial charge < -0.3 is 19.1 Å². The number of rotatable bonds is 5. The third-order valence-corrected chi connectivity index (χ3v) is 6.60. The first-order valence-corrected chi connectivity index (χ1v) is 10.9. The van der Waals surface area contributed by atoms with Gasteiger partial charge in [-0.05, 0) is 31.4 Å². The second-order valence-electron chi connectivity index (χ2n) is 8.28. The number of likely N-dealkylation sites (N-methyl/N-ethyl adjacent to an activating group) is 1. The molecule has 0 bridgehead atoms. The Morgan fingerprint density at radius 3 is 2.54 bits per heavy atom. The van der Waals surface area contributed by atoms with Gasteiger partial charge in [0.05, 0.1) is 18.2 Å². The van der Waals surface area contributed by atoms with Gasteiger partial charge in [0.25, 0.3) is 5.91 Å². The van der Waals surface area contributed by atoms with E-state index >= 15 is 0 Å². The van der Waals surface area contributed by atoms with Crippen molar-refractivity contribution in [1.29, 1.82) is 0 Å². The minimum atomic E-state index is 0.163. The fourth-order valence-corrected chi connectivity index (χ4v) is 4.89. The van der Waals surface area contributed by atoms with E-state index in [1.807, 2.05) is 17.0 Å². The quantitative estimate of drug-likeness (QED) is 0.783. The molecule has 4 rings (SSSR count). The maximum Gasteiger partial charge on any atom is 0.256 e. The van der Waals surface area contributed by atoms with Crippen LogP contribution in [0.25, 0.3) is 10.9 Å². The van der Waals surface area contributed by atoms with Crippen LogP contribution in [0.2, 0.25) is 0 Å². The van der Waals surface area contributed by atoms with Crippen LogP contribution in [-0.2, 0) is 6.54 Å². The number of carbonyl (C=O) groups is 1. The number of hydrogen-bond donors (Lipinski definition) is 0. The molecule has 1 amide bonds. The lowest BCUT2D eigenvalue weighted by Crippen LogP contribution is -2.48. The van der Waals surface area contributed by atoms with Crippen LogP contribution >= 0.6 is 0 Å². The number of benzene rings is 1. The monoisotopic (exact) mass is 383 g/mol. The molecule has 5 heteroatoms. The molecule has 2 fully saturated rings. The van der Waals surface area contributed by atoms with Crippen LogP contribution in [-0.4, -0.2) is 60.1 Å². The Labute approximate surface area is 168 Å². The Balaban J connectivity index is 1.65. The van der Waals surface area contributed by atoms with Crippen molar-refractivity contribution in [2.75, 3.05) is 39.8 Å². The molecule has 2 heterocycles. The number of para-hydroxylation sites is 1. The summed E-state index contributed by atoms with van der Waals surface area (Å²) in [5, 5.41) is 1.03. The number of ether oxygens (including phenoxy) is 1. The lowest BCUT2D eigenvalue weighted by Gasteiger charge is -2.34. The zero-order chi connectivity index (χ0) is 19.5. The standard InChI is InChI=1S/C23H33N3O2/c1-3-24-12-14-25(15-13-24)23(27)20-17-26(16-18-8-5-4-6-9-18)22-19(20)10-7-11-21(22)28-2/h7,10-11,17-18H,3-6,8-9,12-16H2,1-2H3. The van der Waals surface area contributed by atoms with Gasteiger partial charge >= 0.3 is 0 Å². The number of carbonyl (C=O) groups excluding carboxylic acids is 1. The highest BCUT2D eigenvalue weighted by Gasteiger charge is 2.26. The van der Waals surface area contributed by atoms with E-state index in [-0.39, 0.29) is 5.91 Å². The second kappa shape index (κ2) is 8.56. The SMILES string of the molecule is CCN1CCN(C(=O)c2cn(CC3CCCCC3)c3c(OC)cccc23)CC1. The minimum Gasteiger partial charge on any atom is -0.495 e. The van der Waals surface area contributed by atoms with E-state index in [4.69, 9.17) is 4.74 Å². The fraction of sp³-hybridized carbons (Fsp3) is 0.609. The highest BCUT2D eigenvalue weighted by atomic mass is 16.5. The first-order valence-electron chi connectivity index (χ1n) is 10.9. The number of nitrogens with zero attached hydrogens (tertiary/aromatic N) is 3. The molecule has 2 aliphatic rings. The summed E-state index contributed by atoms with van der Waals surface area (Å²) >= 11 is 0. The summed E-state index contributed by atoms with van der Waals surface area (Å²) in [7, 11) is 1.72. The van der Waals surface area contributed by atoms with Crippen LogP contribution in [0, 0.1) is 5.92 Å². The first-order chi connectivity index (χ1) is 13.7. The van der Waals surface area contributed by atoms with Gasteiger partial charge in [-0.25, -0.2) is 0 Å². The summed E-state index contributed by atoms with van der Waals surface area (Å²) in [4.78, 5) is 17.8. The zero-order valence-electron chi connectivity index (χ0n) is 17.3. The maximum atomic E-state index is 13.4. The summed E-state index contributed by atoms with van der Waals surface area (Å²) in [6, 6.07) is 6.08. The summed E-state index contributed by atoms with van der Waals surface area (Å²) in [5.41, 5.74) is 1.90. The molecule has 0 atom stereocenters. The van der Waals surface area contributed by atoms with Crippen LogP contribution in [0.5, 0.6) is 5.75 Å². The third-order valence-electron chi connectivity index (χ3n) is 6.60. The van der Waals surface area contributed by atoms with Crippen molar-refractivity contribution < 1.29 is 9.53 Å². The number of fused-ring (bicyclic) bond motifs is 1. The van der Waals surface area contributed by atoms with E-state index in [9.17, 15) is 4.79 Å². The van der Waals surface area contributed by atoms with E-state index in [0.29, 0.717) is 5.92 Å². The lowest BCUT2D eigenvalue weighted by atomic mass is 9.89. The Bertz CT molecular complexity index is 815. The van der Waals surface area contributed by atoms with Crippen LogP contribution in [0.1, 0.15) is 49.4 Å². The summed E-state index contributed by atoms with van der Waals surface area (Å²) in [6.07, 6.45) is 8.69. The van der Waals surface area contributed by atoms with Crippen molar-refractivity contribution in [3.05, 3.63) is 30.0 Å². The van der Waals surface area contributed by atoms with E-state index in [2.05, 4.69) is 28.7 Å². The molecule has 2 aromatic rings. The van der Waals surface area contributed by atoms with E-state index < -0.39 is 0 Å². The molecule has 5 nitrogen and oxygen atoms in total. The van der Waals surface area contributed by atoms with E-state index in [1.165, 1.54) is 32.1 Å². The average Bonchev–Trinajstić information content (AvgIpc) is 3.12. The van der Waals surface area contributed by atoms with Crippen LogP contribution < -0.4 is 4.74 Å². The van der Waals surface area contributed by atoms with Crippen LogP contribution in [0.4, 0.5) is 0 Å². The average molecular weight is 384 g/mol. The van der Waals surface area contributed by atoms with Crippen molar-refractivity contribution in [3.63, 3.8) is 0 Å². The molecule has 0 spiro atoms. The highest BCUT2D eigenvalue weighted by molar-refractivity contribution is 6.08. The predicted molar refractivity (Wildman–Crippen MR) is 113 cm³/mol. The largest absolute Gasteiger partial charge is 0.495 e. The van der Waals surface area contributed by atoms with Gasteiger partial charge in [0.15, 0.2) is 0 Å². The lowest BCUT2D eigenvalue weighted by molar-refractivity contribution is 0.0645. The molecule has 0 unspecified atom stereocenters. The zero-order valence-corrected chi connectivity index (χ0v) is 17.3.